The molecule has 0 unspecified atom stereocenters. The number of nitrogens with zero attached hydrogens (tertiary/aromatic N) is 2. The lowest BCUT2D eigenvalue weighted by atomic mass is 9.83. The van der Waals surface area contributed by atoms with E-state index in [0.717, 1.165) is 23.3 Å². The highest BCUT2D eigenvalue weighted by Crippen LogP contribution is 2.42. The van der Waals surface area contributed by atoms with Gasteiger partial charge in [-0.2, -0.15) is 22.7 Å². The Kier molecular flexibility index (Phi) is 6.52. The molecule has 4 rings (SSSR count). The molecule has 0 N–H and O–H groups in total. The molecular formula is C26H23F3N2O2S. The summed E-state index contributed by atoms with van der Waals surface area (Å²) in [5.41, 5.74) is 2.18. The van der Waals surface area contributed by atoms with Crippen molar-refractivity contribution in [3.63, 3.8) is 0 Å². The summed E-state index contributed by atoms with van der Waals surface area (Å²) in [7, 11) is -3.86. The van der Waals surface area contributed by atoms with Crippen molar-refractivity contribution in [1.29, 1.82) is 5.26 Å². The van der Waals surface area contributed by atoms with Crippen molar-refractivity contribution in [3.05, 3.63) is 101 Å². The minimum absolute atomic E-state index is 0.00417. The quantitative estimate of drug-likeness (QED) is 0.443. The summed E-state index contributed by atoms with van der Waals surface area (Å²) in [6, 6.07) is 19.9. The largest absolute Gasteiger partial charge is 0.416 e. The van der Waals surface area contributed by atoms with Crippen molar-refractivity contribution in [3.8, 4) is 6.07 Å². The molecule has 0 aliphatic carbocycles. The van der Waals surface area contributed by atoms with E-state index in [-0.39, 0.29) is 17.4 Å². The van der Waals surface area contributed by atoms with E-state index in [0.29, 0.717) is 24.0 Å². The van der Waals surface area contributed by atoms with Crippen molar-refractivity contribution < 1.29 is 21.6 Å². The predicted octanol–water partition coefficient (Wildman–Crippen LogP) is 6.20. The van der Waals surface area contributed by atoms with Crippen LogP contribution in [0.2, 0.25) is 0 Å². The second-order valence-electron chi connectivity index (χ2n) is 8.52. The summed E-state index contributed by atoms with van der Waals surface area (Å²) in [5.74, 6) is 0.00417. The van der Waals surface area contributed by atoms with Gasteiger partial charge in [0.05, 0.1) is 28.1 Å². The van der Waals surface area contributed by atoms with Gasteiger partial charge in [0.1, 0.15) is 0 Å². The number of rotatable bonds is 4. The first-order valence-electron chi connectivity index (χ1n) is 10.9. The fourth-order valence-corrected chi connectivity index (χ4v) is 6.05. The van der Waals surface area contributed by atoms with Crippen LogP contribution in [0, 0.1) is 18.3 Å². The lowest BCUT2D eigenvalue weighted by molar-refractivity contribution is -0.137. The molecule has 4 nitrogen and oxygen atoms in total. The Morgan fingerprint density at radius 3 is 2.06 bits per heavy atom. The van der Waals surface area contributed by atoms with Crippen molar-refractivity contribution in [2.45, 2.75) is 42.8 Å². The number of hydrogen-bond acceptors (Lipinski definition) is 3. The van der Waals surface area contributed by atoms with Crippen molar-refractivity contribution in [2.24, 2.45) is 0 Å². The number of sulfonamides is 1. The van der Waals surface area contributed by atoms with Gasteiger partial charge in [0.2, 0.25) is 10.0 Å². The molecule has 2 atom stereocenters. The van der Waals surface area contributed by atoms with E-state index in [2.05, 4.69) is 6.07 Å². The zero-order valence-electron chi connectivity index (χ0n) is 18.5. The van der Waals surface area contributed by atoms with Gasteiger partial charge in [0.25, 0.3) is 0 Å². The number of alkyl halides is 3. The normalized spacial score (nSPS) is 19.5. The summed E-state index contributed by atoms with van der Waals surface area (Å²) in [6.07, 6.45) is -3.49. The summed E-state index contributed by atoms with van der Waals surface area (Å²) in [6.45, 7) is 2.09. The zero-order chi connectivity index (χ0) is 24.5. The van der Waals surface area contributed by atoms with Crippen LogP contribution < -0.4 is 0 Å². The highest BCUT2D eigenvalue weighted by Gasteiger charge is 2.39. The average Bonchev–Trinajstić information content (AvgIpc) is 2.83. The predicted molar refractivity (Wildman–Crippen MR) is 122 cm³/mol. The van der Waals surface area contributed by atoms with Gasteiger partial charge in [-0.05, 0) is 73.2 Å². The molecular weight excluding hydrogens is 461 g/mol. The maximum atomic E-state index is 13.5. The Bertz CT molecular complexity index is 1290. The highest BCUT2D eigenvalue weighted by molar-refractivity contribution is 7.89. The second-order valence-corrected chi connectivity index (χ2v) is 10.4. The van der Waals surface area contributed by atoms with Crippen LogP contribution in [0.3, 0.4) is 0 Å². The van der Waals surface area contributed by atoms with E-state index >= 15 is 0 Å². The van der Waals surface area contributed by atoms with Gasteiger partial charge in [-0.3, -0.25) is 0 Å². The monoisotopic (exact) mass is 484 g/mol. The molecule has 1 heterocycles. The van der Waals surface area contributed by atoms with E-state index in [9.17, 15) is 21.6 Å². The molecule has 1 saturated heterocycles. The van der Waals surface area contributed by atoms with E-state index in [1.54, 1.807) is 36.4 Å². The molecule has 1 fully saturated rings. The summed E-state index contributed by atoms with van der Waals surface area (Å²) >= 11 is 0. The second kappa shape index (κ2) is 9.24. The van der Waals surface area contributed by atoms with Crippen molar-refractivity contribution in [1.82, 2.24) is 4.31 Å². The van der Waals surface area contributed by atoms with Gasteiger partial charge in [-0.25, -0.2) is 8.42 Å². The molecule has 1 aliphatic rings. The molecule has 3 aromatic carbocycles. The van der Waals surface area contributed by atoms with Crippen LogP contribution in [0.4, 0.5) is 13.2 Å². The van der Waals surface area contributed by atoms with Crippen LogP contribution in [-0.4, -0.2) is 19.3 Å². The summed E-state index contributed by atoms with van der Waals surface area (Å²) in [4.78, 5) is 0.159. The van der Waals surface area contributed by atoms with Gasteiger partial charge in [0, 0.05) is 6.54 Å². The smallest absolute Gasteiger partial charge is 0.207 e. The van der Waals surface area contributed by atoms with Gasteiger partial charge in [0.15, 0.2) is 0 Å². The molecule has 34 heavy (non-hydrogen) atoms. The van der Waals surface area contributed by atoms with Crippen LogP contribution in [0.25, 0.3) is 0 Å². The number of aryl methyl sites for hydroxylation is 1. The van der Waals surface area contributed by atoms with Gasteiger partial charge < -0.3 is 0 Å². The minimum Gasteiger partial charge on any atom is -0.207 e. The molecule has 0 bridgehead atoms. The fourth-order valence-electron chi connectivity index (χ4n) is 4.41. The van der Waals surface area contributed by atoms with Gasteiger partial charge in [-0.1, -0.05) is 42.0 Å². The maximum absolute atomic E-state index is 13.5. The first-order valence-corrected chi connectivity index (χ1v) is 12.3. The molecule has 8 heteroatoms. The Morgan fingerprint density at radius 1 is 0.912 bits per heavy atom. The number of nitriles is 1. The molecule has 3 aromatic rings. The first-order chi connectivity index (χ1) is 16.1. The molecule has 0 radical (unpaired) electrons. The molecule has 176 valence electrons. The lowest BCUT2D eigenvalue weighted by Gasteiger charge is -2.39. The molecule has 0 spiro atoms. The SMILES string of the molecule is Cc1ccc(S(=O)(=O)N2CC[C@@H](c3ccc(C#N)cc3)C[C@@H]2c2ccc(C(F)(F)F)cc2)cc1. The minimum atomic E-state index is -4.47. The number of piperidine rings is 1. The fraction of sp³-hybridized carbons (Fsp3) is 0.269. The molecule has 0 amide bonds. The Morgan fingerprint density at radius 2 is 1.50 bits per heavy atom. The van der Waals surface area contributed by atoms with Gasteiger partial charge in [-0.15, -0.1) is 0 Å². The van der Waals surface area contributed by atoms with Crippen LogP contribution >= 0.6 is 0 Å². The first kappa shape index (κ1) is 24.0. The number of hydrogen-bond donors (Lipinski definition) is 0. The van der Waals surface area contributed by atoms with E-state index in [4.69, 9.17) is 5.26 Å². The number of halogens is 3. The molecule has 1 aliphatic heterocycles. The number of benzene rings is 3. The van der Waals surface area contributed by atoms with Gasteiger partial charge >= 0.3 is 6.18 Å². The third-order valence-electron chi connectivity index (χ3n) is 6.31. The highest BCUT2D eigenvalue weighted by atomic mass is 32.2. The Balaban J connectivity index is 1.71. The Labute approximate surface area is 197 Å². The Hall–Kier alpha value is -3.15. The maximum Gasteiger partial charge on any atom is 0.416 e. The van der Waals surface area contributed by atoms with Crippen LogP contribution in [0.1, 0.15) is 52.6 Å². The third-order valence-corrected chi connectivity index (χ3v) is 8.24. The average molecular weight is 485 g/mol. The topological polar surface area (TPSA) is 61.2 Å². The van der Waals surface area contributed by atoms with Crippen LogP contribution in [0.15, 0.2) is 77.7 Å². The van der Waals surface area contributed by atoms with Crippen LogP contribution in [0.5, 0.6) is 0 Å². The summed E-state index contributed by atoms with van der Waals surface area (Å²) in [5, 5.41) is 9.06. The van der Waals surface area contributed by atoms with E-state index in [1.807, 2.05) is 19.1 Å². The van der Waals surface area contributed by atoms with Crippen molar-refractivity contribution >= 4 is 10.0 Å². The molecule has 0 aromatic heterocycles. The third kappa shape index (κ3) is 4.86. The zero-order valence-corrected chi connectivity index (χ0v) is 19.3. The lowest BCUT2D eigenvalue weighted by Crippen LogP contribution is -2.40. The van der Waals surface area contributed by atoms with E-state index < -0.39 is 27.8 Å². The molecule has 0 saturated carbocycles. The standard InChI is InChI=1S/C26H23F3N2O2S/c1-18-2-12-24(13-3-18)34(32,33)31-15-14-22(20-6-4-19(17-30)5-7-20)16-25(31)21-8-10-23(11-9-21)26(27,28)29/h2-13,22,25H,14-16H2,1H3/t22-,25-/m1/s1. The summed E-state index contributed by atoms with van der Waals surface area (Å²) < 4.78 is 67.8. The van der Waals surface area contributed by atoms with E-state index in [1.165, 1.54) is 16.4 Å². The van der Waals surface area contributed by atoms with Crippen LogP contribution in [-0.2, 0) is 16.2 Å². The van der Waals surface area contributed by atoms with Crippen molar-refractivity contribution in [2.75, 3.05) is 6.54 Å².